The molecule has 2 N–H and O–H groups in total. The second-order valence-electron chi connectivity index (χ2n) is 4.74. The number of carbonyl (C=O) groups is 1. The molecule has 1 aliphatic rings. The zero-order valence-electron chi connectivity index (χ0n) is 11.2. The molecule has 8 heteroatoms. The third kappa shape index (κ3) is 3.38. The molecule has 112 valence electrons. The first-order valence-corrected chi connectivity index (χ1v) is 8.86. The second-order valence-corrected chi connectivity index (χ2v) is 7.64. The zero-order valence-corrected chi connectivity index (χ0v) is 12.8. The lowest BCUT2D eigenvalue weighted by Gasteiger charge is -2.22. The maximum Gasteiger partial charge on any atom is 0.336 e. The van der Waals surface area contributed by atoms with Gasteiger partial charge in [0, 0.05) is 18.0 Å². The first-order valence-electron chi connectivity index (χ1n) is 6.49. The minimum Gasteiger partial charge on any atom is -0.478 e. The van der Waals surface area contributed by atoms with Gasteiger partial charge in [0.1, 0.15) is 4.21 Å². The largest absolute Gasteiger partial charge is 0.478 e. The van der Waals surface area contributed by atoms with Crippen molar-refractivity contribution in [2.45, 2.75) is 30.0 Å². The molecular weight excluding hydrogens is 300 g/mol. The van der Waals surface area contributed by atoms with E-state index in [1.54, 1.807) is 0 Å². The Morgan fingerprint density at radius 3 is 2.95 bits per heavy atom. The highest BCUT2D eigenvalue weighted by Crippen LogP contribution is 2.21. The van der Waals surface area contributed by atoms with Crippen LogP contribution in [0, 0.1) is 0 Å². The molecule has 0 bridgehead atoms. The molecule has 20 heavy (non-hydrogen) atoms. The Morgan fingerprint density at radius 2 is 2.35 bits per heavy atom. The molecule has 1 atom stereocenters. The average Bonchev–Trinajstić information content (AvgIpc) is 3.05. The number of rotatable bonds is 6. The fraction of sp³-hybridized carbons (Fsp3) is 0.583. The summed E-state index contributed by atoms with van der Waals surface area (Å²) < 4.78 is 26.8. The third-order valence-corrected chi connectivity index (χ3v) is 6.36. The van der Waals surface area contributed by atoms with Gasteiger partial charge >= 0.3 is 5.97 Å². The van der Waals surface area contributed by atoms with Crippen molar-refractivity contribution in [2.75, 3.05) is 19.6 Å². The maximum absolute atomic E-state index is 12.1. The number of thiophene rings is 1. The lowest BCUT2D eigenvalue weighted by Crippen LogP contribution is -2.39. The number of nitrogens with one attached hydrogen (secondary N) is 1. The summed E-state index contributed by atoms with van der Waals surface area (Å²) in [6.07, 6.45) is 2.07. The van der Waals surface area contributed by atoms with Gasteiger partial charge in [-0.15, -0.1) is 11.3 Å². The number of aromatic carboxylic acids is 1. The topological polar surface area (TPSA) is 86.7 Å². The Labute approximate surface area is 122 Å². The van der Waals surface area contributed by atoms with Crippen LogP contribution in [0.4, 0.5) is 0 Å². The van der Waals surface area contributed by atoms with E-state index >= 15 is 0 Å². The zero-order chi connectivity index (χ0) is 14.8. The van der Waals surface area contributed by atoms with Gasteiger partial charge in [0.05, 0.1) is 5.56 Å². The minimum absolute atomic E-state index is 0.00595. The molecular formula is C12H18N2O4S2. The van der Waals surface area contributed by atoms with Crippen LogP contribution in [0.25, 0.3) is 0 Å². The van der Waals surface area contributed by atoms with E-state index in [0.717, 1.165) is 37.3 Å². The molecule has 0 saturated carbocycles. The Morgan fingerprint density at radius 1 is 1.60 bits per heavy atom. The first-order chi connectivity index (χ1) is 9.44. The monoisotopic (exact) mass is 318 g/mol. The molecule has 1 unspecified atom stereocenters. The van der Waals surface area contributed by atoms with Gasteiger partial charge in [0.2, 0.25) is 10.0 Å². The summed E-state index contributed by atoms with van der Waals surface area (Å²) in [4.78, 5) is 13.0. The molecule has 0 spiro atoms. The van der Waals surface area contributed by atoms with Crippen molar-refractivity contribution in [3.63, 3.8) is 0 Å². The van der Waals surface area contributed by atoms with Crippen LogP contribution >= 0.6 is 11.3 Å². The first kappa shape index (κ1) is 15.4. The minimum atomic E-state index is -3.61. The normalized spacial score (nSPS) is 20.4. The summed E-state index contributed by atoms with van der Waals surface area (Å²) in [5, 5.41) is 10.2. The van der Waals surface area contributed by atoms with Crippen molar-refractivity contribution in [1.82, 2.24) is 9.62 Å². The third-order valence-electron chi connectivity index (χ3n) is 3.50. The van der Waals surface area contributed by atoms with Gasteiger partial charge in [0.15, 0.2) is 0 Å². The standard InChI is InChI=1S/C12H18N2O4S2/c1-2-14-5-3-4-10(14)7-13-20(17,18)11-6-9(8-19-11)12(15)16/h6,8,10,13H,2-5,7H2,1H3,(H,15,16). The number of hydrogen-bond acceptors (Lipinski definition) is 5. The molecule has 2 rings (SSSR count). The van der Waals surface area contributed by atoms with Crippen molar-refractivity contribution in [3.8, 4) is 0 Å². The molecule has 1 aromatic rings. The SMILES string of the molecule is CCN1CCCC1CNS(=O)(=O)c1cc(C(=O)O)cs1. The van der Waals surface area contributed by atoms with E-state index < -0.39 is 16.0 Å². The van der Waals surface area contributed by atoms with Crippen LogP contribution in [-0.4, -0.2) is 50.1 Å². The van der Waals surface area contributed by atoms with E-state index in [4.69, 9.17) is 5.11 Å². The van der Waals surface area contributed by atoms with Crippen molar-refractivity contribution < 1.29 is 18.3 Å². The van der Waals surface area contributed by atoms with E-state index in [2.05, 4.69) is 16.5 Å². The summed E-state index contributed by atoms with van der Waals surface area (Å²) in [5.74, 6) is -1.12. The molecule has 1 fully saturated rings. The molecule has 0 amide bonds. The van der Waals surface area contributed by atoms with Gasteiger partial charge in [-0.3, -0.25) is 4.90 Å². The number of likely N-dealkylation sites (N-methyl/N-ethyl adjacent to an activating group) is 1. The van der Waals surface area contributed by atoms with E-state index in [-0.39, 0.29) is 15.8 Å². The van der Waals surface area contributed by atoms with E-state index in [9.17, 15) is 13.2 Å². The Balaban J connectivity index is 2.01. The van der Waals surface area contributed by atoms with Crippen LogP contribution in [0.2, 0.25) is 0 Å². The van der Waals surface area contributed by atoms with E-state index in [1.807, 2.05) is 0 Å². The van der Waals surface area contributed by atoms with Crippen LogP contribution in [-0.2, 0) is 10.0 Å². The van der Waals surface area contributed by atoms with Gasteiger partial charge in [-0.05, 0) is 32.0 Å². The van der Waals surface area contributed by atoms with E-state index in [1.165, 1.54) is 11.4 Å². The summed E-state index contributed by atoms with van der Waals surface area (Å²) in [6, 6.07) is 1.43. The van der Waals surface area contributed by atoms with Gasteiger partial charge in [-0.1, -0.05) is 6.92 Å². The van der Waals surface area contributed by atoms with Crippen molar-refractivity contribution in [1.29, 1.82) is 0 Å². The van der Waals surface area contributed by atoms with Gasteiger partial charge < -0.3 is 5.11 Å². The van der Waals surface area contributed by atoms with Gasteiger partial charge in [-0.25, -0.2) is 17.9 Å². The highest BCUT2D eigenvalue weighted by molar-refractivity contribution is 7.91. The lowest BCUT2D eigenvalue weighted by atomic mass is 10.2. The molecule has 0 aliphatic carbocycles. The number of nitrogens with zero attached hydrogens (tertiary/aromatic N) is 1. The Hall–Kier alpha value is -0.960. The second kappa shape index (κ2) is 6.21. The number of hydrogen-bond donors (Lipinski definition) is 2. The highest BCUT2D eigenvalue weighted by atomic mass is 32.2. The average molecular weight is 318 g/mol. The van der Waals surface area contributed by atoms with Crippen LogP contribution in [0.1, 0.15) is 30.1 Å². The quantitative estimate of drug-likeness (QED) is 0.823. The van der Waals surface area contributed by atoms with Gasteiger partial charge in [-0.2, -0.15) is 0 Å². The highest BCUT2D eigenvalue weighted by Gasteiger charge is 2.26. The predicted molar refractivity (Wildman–Crippen MR) is 76.7 cm³/mol. The summed E-state index contributed by atoms with van der Waals surface area (Å²) in [5.41, 5.74) is 0.00595. The summed E-state index contributed by atoms with van der Waals surface area (Å²) in [7, 11) is -3.61. The van der Waals surface area contributed by atoms with Crippen LogP contribution in [0.5, 0.6) is 0 Å². The molecule has 1 aromatic heterocycles. The molecule has 0 aromatic carbocycles. The van der Waals surface area contributed by atoms with Crippen LogP contribution < -0.4 is 4.72 Å². The number of carboxylic acids is 1. The van der Waals surface area contributed by atoms with E-state index in [0.29, 0.717) is 6.54 Å². The fourth-order valence-corrected chi connectivity index (χ4v) is 4.66. The molecule has 1 saturated heterocycles. The lowest BCUT2D eigenvalue weighted by molar-refractivity contribution is 0.0697. The van der Waals surface area contributed by atoms with Crippen molar-refractivity contribution >= 4 is 27.3 Å². The van der Waals surface area contributed by atoms with Crippen LogP contribution in [0.15, 0.2) is 15.7 Å². The van der Waals surface area contributed by atoms with Crippen LogP contribution in [0.3, 0.4) is 0 Å². The predicted octanol–water partition coefficient (Wildman–Crippen LogP) is 1.21. The van der Waals surface area contributed by atoms with Gasteiger partial charge in [0.25, 0.3) is 0 Å². The fourth-order valence-electron chi connectivity index (χ4n) is 2.39. The summed E-state index contributed by atoms with van der Waals surface area (Å²) in [6.45, 7) is 4.35. The van der Waals surface area contributed by atoms with Crippen molar-refractivity contribution in [3.05, 3.63) is 17.0 Å². The van der Waals surface area contributed by atoms with Crippen molar-refractivity contribution in [2.24, 2.45) is 0 Å². The molecule has 0 radical (unpaired) electrons. The summed E-state index contributed by atoms with van der Waals surface area (Å²) >= 11 is 0.929. The molecule has 2 heterocycles. The maximum atomic E-state index is 12.1. The Kier molecular flexibility index (Phi) is 4.79. The molecule has 1 aliphatic heterocycles. The Bertz CT molecular complexity index is 582. The number of sulfonamides is 1. The number of likely N-dealkylation sites (tertiary alicyclic amines) is 1. The molecule has 6 nitrogen and oxygen atoms in total. The smallest absolute Gasteiger partial charge is 0.336 e. The number of carboxylic acid groups (broad SMARTS) is 1.